The summed E-state index contributed by atoms with van der Waals surface area (Å²) in [5.74, 6) is -0.893. The quantitative estimate of drug-likeness (QED) is 0.249. The Balaban J connectivity index is 1.74. The van der Waals surface area contributed by atoms with Crippen LogP contribution in [0.1, 0.15) is 62.3 Å². The van der Waals surface area contributed by atoms with Gasteiger partial charge in [-0.3, -0.25) is 4.79 Å². The fourth-order valence-corrected chi connectivity index (χ4v) is 5.98. The highest BCUT2D eigenvalue weighted by molar-refractivity contribution is 7.91. The number of carbonyl (C=O) groups is 1. The Bertz CT molecular complexity index is 1520. The van der Waals surface area contributed by atoms with E-state index in [1.807, 2.05) is 31.2 Å². The predicted octanol–water partition coefficient (Wildman–Crippen LogP) is 6.01. The van der Waals surface area contributed by atoms with Gasteiger partial charge in [-0.05, 0) is 68.7 Å². The lowest BCUT2D eigenvalue weighted by atomic mass is 10.0. The van der Waals surface area contributed by atoms with Crippen molar-refractivity contribution in [3.63, 3.8) is 0 Å². The van der Waals surface area contributed by atoms with E-state index >= 15 is 0 Å². The van der Waals surface area contributed by atoms with Gasteiger partial charge in [0.05, 0.1) is 41.8 Å². The van der Waals surface area contributed by atoms with Gasteiger partial charge in [0.15, 0.2) is 9.84 Å². The first-order valence-corrected chi connectivity index (χ1v) is 15.8. The molecule has 0 spiro atoms. The molecule has 0 saturated heterocycles. The molecule has 42 heavy (non-hydrogen) atoms. The van der Waals surface area contributed by atoms with Crippen molar-refractivity contribution in [1.29, 1.82) is 0 Å². The average molecular weight is 610 g/mol. The first-order valence-electron chi connectivity index (χ1n) is 14.0. The molecule has 4 rings (SSSR count). The van der Waals surface area contributed by atoms with Crippen LogP contribution in [0.4, 0.5) is 17.6 Å². The van der Waals surface area contributed by atoms with Crippen molar-refractivity contribution >= 4 is 15.7 Å². The smallest absolute Gasteiger partial charge is 0.419 e. The minimum Gasteiger partial charge on any atom is -0.494 e. The number of sulfone groups is 1. The summed E-state index contributed by atoms with van der Waals surface area (Å²) in [6, 6.07) is 9.25. The van der Waals surface area contributed by atoms with Crippen LogP contribution in [0.25, 0.3) is 11.3 Å². The molecule has 0 radical (unpaired) electrons. The third kappa shape index (κ3) is 7.14. The topological polar surface area (TPSA) is 81.5 Å². The number of amides is 1. The zero-order chi connectivity index (χ0) is 30.7. The lowest BCUT2D eigenvalue weighted by Crippen LogP contribution is -2.39. The van der Waals surface area contributed by atoms with Gasteiger partial charge in [-0.1, -0.05) is 13.0 Å². The van der Waals surface area contributed by atoms with Gasteiger partial charge in [-0.2, -0.15) is 13.2 Å². The molecule has 1 aromatic heterocycles. The number of imidazole rings is 1. The molecule has 0 bridgehead atoms. The van der Waals surface area contributed by atoms with E-state index in [2.05, 4.69) is 4.57 Å². The first kappa shape index (κ1) is 31.5. The summed E-state index contributed by atoms with van der Waals surface area (Å²) in [5, 5.41) is 0. The highest BCUT2D eigenvalue weighted by Crippen LogP contribution is 2.36. The summed E-state index contributed by atoms with van der Waals surface area (Å²) in [7, 11) is -3.47. The molecule has 0 fully saturated rings. The second-order valence-electron chi connectivity index (χ2n) is 10.3. The summed E-state index contributed by atoms with van der Waals surface area (Å²) in [5.41, 5.74) is 0.745. The predicted molar refractivity (Wildman–Crippen MR) is 151 cm³/mol. The number of benzene rings is 2. The minimum absolute atomic E-state index is 0.0276. The Morgan fingerprint density at radius 3 is 2.48 bits per heavy atom. The van der Waals surface area contributed by atoms with E-state index in [1.54, 1.807) is 6.92 Å². The molecule has 1 amide bonds. The van der Waals surface area contributed by atoms with Crippen molar-refractivity contribution in [2.24, 2.45) is 0 Å². The van der Waals surface area contributed by atoms with Crippen molar-refractivity contribution in [2.45, 2.75) is 65.2 Å². The Morgan fingerprint density at radius 1 is 1.12 bits per heavy atom. The van der Waals surface area contributed by atoms with Crippen LogP contribution in [0, 0.1) is 5.82 Å². The van der Waals surface area contributed by atoms with Crippen LogP contribution in [-0.4, -0.2) is 53.4 Å². The molecule has 2 heterocycles. The number of fused-ring (bicyclic) bond motifs is 1. The van der Waals surface area contributed by atoms with Gasteiger partial charge in [-0.15, -0.1) is 0 Å². The van der Waals surface area contributed by atoms with Crippen molar-refractivity contribution < 1.29 is 35.5 Å². The van der Waals surface area contributed by atoms with Gasteiger partial charge in [-0.25, -0.2) is 17.8 Å². The molecular formula is C30H35F4N3O4S. The third-order valence-electron chi connectivity index (χ3n) is 7.50. The lowest BCUT2D eigenvalue weighted by Gasteiger charge is -2.29. The second-order valence-corrected chi connectivity index (χ2v) is 12.8. The SMILES string of the molecule is CCOc1ccc(-c2c([C@@H](C)N(CCS(=O)(=O)CC)C(=O)Cc3ccc(F)c(C(F)(F)F)c3)nc3n2CCCC3)cc1. The molecule has 0 saturated carbocycles. The lowest BCUT2D eigenvalue weighted by molar-refractivity contribution is -0.140. The number of aromatic nitrogens is 2. The normalized spacial score (nSPS) is 14.4. The van der Waals surface area contributed by atoms with Crippen LogP contribution >= 0.6 is 0 Å². The minimum atomic E-state index is -4.92. The molecule has 0 unspecified atom stereocenters. The van der Waals surface area contributed by atoms with Crippen molar-refractivity contribution in [3.8, 4) is 17.0 Å². The Morgan fingerprint density at radius 2 is 1.83 bits per heavy atom. The summed E-state index contributed by atoms with van der Waals surface area (Å²) in [6.45, 7) is 6.21. The molecule has 0 aliphatic carbocycles. The maximum atomic E-state index is 13.9. The van der Waals surface area contributed by atoms with Crippen LogP contribution in [0.3, 0.4) is 0 Å². The monoisotopic (exact) mass is 609 g/mol. The fourth-order valence-electron chi connectivity index (χ4n) is 5.21. The number of hydrogen-bond acceptors (Lipinski definition) is 5. The summed E-state index contributed by atoms with van der Waals surface area (Å²) in [4.78, 5) is 20.0. The number of halogens is 4. The summed E-state index contributed by atoms with van der Waals surface area (Å²) < 4.78 is 86.4. The molecule has 0 N–H and O–H groups in total. The van der Waals surface area contributed by atoms with Crippen molar-refractivity contribution in [2.75, 3.05) is 24.7 Å². The average Bonchev–Trinajstić information content (AvgIpc) is 3.34. The number of nitrogens with zero attached hydrogens (tertiary/aromatic N) is 3. The zero-order valence-electron chi connectivity index (χ0n) is 23.9. The molecule has 228 valence electrons. The number of aryl methyl sites for hydroxylation is 1. The Kier molecular flexibility index (Phi) is 9.64. The molecule has 1 aliphatic rings. The molecule has 1 atom stereocenters. The Labute approximate surface area is 243 Å². The van der Waals surface area contributed by atoms with Gasteiger partial charge in [0, 0.05) is 30.8 Å². The van der Waals surface area contributed by atoms with Crippen LogP contribution in [0.5, 0.6) is 5.75 Å². The first-order chi connectivity index (χ1) is 19.8. The van der Waals surface area contributed by atoms with E-state index in [0.29, 0.717) is 30.2 Å². The molecular weight excluding hydrogens is 574 g/mol. The maximum Gasteiger partial charge on any atom is 0.419 e. The highest BCUT2D eigenvalue weighted by atomic mass is 32.2. The molecule has 2 aromatic carbocycles. The maximum absolute atomic E-state index is 13.9. The van der Waals surface area contributed by atoms with Crippen LogP contribution in [-0.2, 0) is 40.2 Å². The van der Waals surface area contributed by atoms with Gasteiger partial charge < -0.3 is 14.2 Å². The standard InChI is InChI=1S/C30H35F4N3O4S/c1-4-41-23-12-10-22(11-13-23)29-28(35-26-8-6-7-15-37(26)29)20(3)36(16-17-42(39,40)5-2)27(38)19-21-9-14-25(31)24(18-21)30(32,33)34/h9-14,18,20H,4-8,15-17,19H2,1-3H3/t20-/m1/s1. The van der Waals surface area contributed by atoms with Crippen LogP contribution < -0.4 is 4.74 Å². The fraction of sp³-hybridized carbons (Fsp3) is 0.467. The van der Waals surface area contributed by atoms with Crippen molar-refractivity contribution in [1.82, 2.24) is 14.5 Å². The van der Waals surface area contributed by atoms with Gasteiger partial charge in [0.1, 0.15) is 17.4 Å². The number of ether oxygens (including phenoxy) is 1. The summed E-state index contributed by atoms with van der Waals surface area (Å²) in [6.07, 6.45) is -2.74. The highest BCUT2D eigenvalue weighted by Gasteiger charge is 2.35. The second kappa shape index (κ2) is 12.8. The largest absolute Gasteiger partial charge is 0.494 e. The molecule has 1 aliphatic heterocycles. The molecule has 12 heteroatoms. The van der Waals surface area contributed by atoms with Crippen molar-refractivity contribution in [3.05, 3.63) is 70.9 Å². The summed E-state index contributed by atoms with van der Waals surface area (Å²) >= 11 is 0. The van der Waals surface area contributed by atoms with E-state index in [0.717, 1.165) is 49.0 Å². The number of rotatable bonds is 11. The molecule has 3 aromatic rings. The van der Waals surface area contributed by atoms with E-state index in [4.69, 9.17) is 9.72 Å². The van der Waals surface area contributed by atoms with Crippen LogP contribution in [0.15, 0.2) is 42.5 Å². The van der Waals surface area contributed by atoms with Gasteiger partial charge in [0.25, 0.3) is 0 Å². The zero-order valence-corrected chi connectivity index (χ0v) is 24.7. The van der Waals surface area contributed by atoms with E-state index in [-0.39, 0.29) is 23.6 Å². The van der Waals surface area contributed by atoms with E-state index in [9.17, 15) is 30.8 Å². The number of hydrogen-bond donors (Lipinski definition) is 0. The van der Waals surface area contributed by atoms with Gasteiger partial charge >= 0.3 is 6.18 Å². The number of alkyl halides is 3. The Hall–Kier alpha value is -3.41. The number of carbonyl (C=O) groups excluding carboxylic acids is 1. The van der Waals surface area contributed by atoms with E-state index < -0.39 is 45.8 Å². The van der Waals surface area contributed by atoms with Gasteiger partial charge in [0.2, 0.25) is 5.91 Å². The molecule has 7 nitrogen and oxygen atoms in total. The third-order valence-corrected chi connectivity index (χ3v) is 9.19. The van der Waals surface area contributed by atoms with Crippen LogP contribution in [0.2, 0.25) is 0 Å². The van der Waals surface area contributed by atoms with E-state index in [1.165, 1.54) is 11.8 Å².